The topological polar surface area (TPSA) is 98.3 Å². The minimum atomic E-state index is -1.42. The number of carboxylic acids is 1. The number of benzene rings is 1. The van der Waals surface area contributed by atoms with Crippen LogP contribution in [0.4, 0.5) is 0 Å². The molecule has 2 rings (SSSR count). The summed E-state index contributed by atoms with van der Waals surface area (Å²) >= 11 is 0. The lowest BCUT2D eigenvalue weighted by atomic mass is 10.1. The number of hydrogen-bond donors (Lipinski definition) is 2. The van der Waals surface area contributed by atoms with Crippen molar-refractivity contribution in [3.8, 4) is 0 Å². The highest BCUT2D eigenvalue weighted by Crippen LogP contribution is 2.10. The number of hydrogen-bond acceptors (Lipinski definition) is 4. The SMILES string of the molecule is O=C([O-])c1ccccc1C(=O)N[C@@H]1CCCCNC1=O. The predicted octanol–water partition coefficient (Wildman–Crippen LogP) is -0.551. The summed E-state index contributed by atoms with van der Waals surface area (Å²) in [4.78, 5) is 34.8. The predicted molar refractivity (Wildman–Crippen MR) is 68.9 cm³/mol. The van der Waals surface area contributed by atoms with Crippen LogP contribution in [0.25, 0.3) is 0 Å². The first-order chi connectivity index (χ1) is 9.59. The van der Waals surface area contributed by atoms with Crippen LogP contribution in [-0.2, 0) is 4.79 Å². The second kappa shape index (κ2) is 6.18. The van der Waals surface area contributed by atoms with Crippen molar-refractivity contribution in [2.75, 3.05) is 6.54 Å². The molecule has 1 aromatic carbocycles. The highest BCUT2D eigenvalue weighted by atomic mass is 16.4. The maximum atomic E-state index is 12.1. The summed E-state index contributed by atoms with van der Waals surface area (Å²) < 4.78 is 0. The van der Waals surface area contributed by atoms with Gasteiger partial charge in [-0.2, -0.15) is 0 Å². The van der Waals surface area contributed by atoms with Crippen molar-refractivity contribution in [2.24, 2.45) is 0 Å². The third-order valence-electron chi connectivity index (χ3n) is 3.23. The van der Waals surface area contributed by atoms with Gasteiger partial charge >= 0.3 is 0 Å². The van der Waals surface area contributed by atoms with E-state index >= 15 is 0 Å². The largest absolute Gasteiger partial charge is 0.545 e. The van der Waals surface area contributed by atoms with Crippen LogP contribution in [0.2, 0.25) is 0 Å². The van der Waals surface area contributed by atoms with Crippen LogP contribution in [0.15, 0.2) is 24.3 Å². The Kier molecular flexibility index (Phi) is 4.34. The van der Waals surface area contributed by atoms with Crippen LogP contribution >= 0.6 is 0 Å². The number of carbonyl (C=O) groups is 3. The smallest absolute Gasteiger partial charge is 0.252 e. The van der Waals surface area contributed by atoms with Crippen molar-refractivity contribution >= 4 is 17.8 Å². The summed E-state index contributed by atoms with van der Waals surface area (Å²) in [7, 11) is 0. The molecule has 0 spiro atoms. The highest BCUT2D eigenvalue weighted by Gasteiger charge is 2.23. The van der Waals surface area contributed by atoms with E-state index in [9.17, 15) is 19.5 Å². The van der Waals surface area contributed by atoms with Crippen molar-refractivity contribution in [1.29, 1.82) is 0 Å². The monoisotopic (exact) mass is 275 g/mol. The molecule has 1 aromatic rings. The molecular formula is C14H15N2O4-. The molecule has 2 amide bonds. The fourth-order valence-corrected chi connectivity index (χ4v) is 2.17. The van der Waals surface area contributed by atoms with Gasteiger partial charge in [-0.15, -0.1) is 0 Å². The van der Waals surface area contributed by atoms with Crippen molar-refractivity contribution in [2.45, 2.75) is 25.3 Å². The summed E-state index contributed by atoms with van der Waals surface area (Å²) in [5.74, 6) is -2.23. The molecule has 2 N–H and O–H groups in total. The lowest BCUT2D eigenvalue weighted by molar-refractivity contribution is -0.255. The minimum absolute atomic E-state index is 0.00421. The van der Waals surface area contributed by atoms with Gasteiger partial charge in [0.1, 0.15) is 6.04 Å². The molecule has 1 aliphatic rings. The van der Waals surface area contributed by atoms with Crippen LogP contribution in [0.5, 0.6) is 0 Å². The Labute approximate surface area is 116 Å². The van der Waals surface area contributed by atoms with Gasteiger partial charge in [-0.25, -0.2) is 0 Å². The Hall–Kier alpha value is -2.37. The molecule has 106 valence electrons. The summed E-state index contributed by atoms with van der Waals surface area (Å²) in [6.45, 7) is 0.598. The van der Waals surface area contributed by atoms with Gasteiger partial charge in [-0.1, -0.05) is 18.2 Å². The zero-order chi connectivity index (χ0) is 14.5. The van der Waals surface area contributed by atoms with Gasteiger partial charge in [0.2, 0.25) is 5.91 Å². The van der Waals surface area contributed by atoms with E-state index < -0.39 is 17.9 Å². The van der Waals surface area contributed by atoms with Crippen LogP contribution in [0, 0.1) is 0 Å². The quantitative estimate of drug-likeness (QED) is 0.773. The maximum absolute atomic E-state index is 12.1. The van der Waals surface area contributed by atoms with E-state index in [0.29, 0.717) is 13.0 Å². The lowest BCUT2D eigenvalue weighted by Gasteiger charge is -2.17. The summed E-state index contributed by atoms with van der Waals surface area (Å²) in [5.41, 5.74) is -0.177. The van der Waals surface area contributed by atoms with Gasteiger partial charge in [-0.05, 0) is 25.3 Å². The van der Waals surface area contributed by atoms with E-state index in [-0.39, 0.29) is 17.0 Å². The highest BCUT2D eigenvalue weighted by molar-refractivity contribution is 6.05. The fraction of sp³-hybridized carbons (Fsp3) is 0.357. The lowest BCUT2D eigenvalue weighted by Crippen LogP contribution is -2.46. The van der Waals surface area contributed by atoms with Crippen LogP contribution in [0.3, 0.4) is 0 Å². The normalized spacial score (nSPS) is 18.8. The number of amides is 2. The number of carboxylic acid groups (broad SMARTS) is 1. The second-order valence-electron chi connectivity index (χ2n) is 4.65. The van der Waals surface area contributed by atoms with Crippen molar-refractivity contribution < 1.29 is 19.5 Å². The molecule has 1 atom stereocenters. The molecule has 0 unspecified atom stereocenters. The van der Waals surface area contributed by atoms with Gasteiger partial charge in [0.05, 0.1) is 5.97 Å². The molecule has 0 radical (unpaired) electrons. The van der Waals surface area contributed by atoms with E-state index in [1.54, 1.807) is 6.07 Å². The van der Waals surface area contributed by atoms with E-state index in [1.165, 1.54) is 18.2 Å². The molecule has 20 heavy (non-hydrogen) atoms. The number of aromatic carboxylic acids is 1. The van der Waals surface area contributed by atoms with Gasteiger partial charge in [0.25, 0.3) is 5.91 Å². The Balaban J connectivity index is 2.15. The van der Waals surface area contributed by atoms with E-state index in [4.69, 9.17) is 0 Å². The third-order valence-corrected chi connectivity index (χ3v) is 3.23. The van der Waals surface area contributed by atoms with Crippen molar-refractivity contribution in [3.63, 3.8) is 0 Å². The molecule has 0 saturated carbocycles. The molecule has 1 fully saturated rings. The maximum Gasteiger partial charge on any atom is 0.252 e. The van der Waals surface area contributed by atoms with Crippen LogP contribution in [0.1, 0.15) is 40.0 Å². The molecule has 1 aliphatic heterocycles. The van der Waals surface area contributed by atoms with Crippen LogP contribution < -0.4 is 15.7 Å². The molecule has 0 aromatic heterocycles. The van der Waals surface area contributed by atoms with Gasteiger partial charge < -0.3 is 20.5 Å². The number of rotatable bonds is 3. The summed E-state index contributed by atoms with van der Waals surface area (Å²) in [6, 6.07) is 5.15. The second-order valence-corrected chi connectivity index (χ2v) is 4.65. The van der Waals surface area contributed by atoms with E-state index in [2.05, 4.69) is 10.6 Å². The summed E-state index contributed by atoms with van der Waals surface area (Å²) in [5, 5.41) is 16.3. The Morgan fingerprint density at radius 2 is 1.90 bits per heavy atom. The molecule has 1 heterocycles. The van der Waals surface area contributed by atoms with Gasteiger partial charge in [0.15, 0.2) is 0 Å². The van der Waals surface area contributed by atoms with Gasteiger partial charge in [-0.3, -0.25) is 9.59 Å². The standard InChI is InChI=1S/C14H16N2O4/c17-12(9-5-1-2-6-10(9)14(19)20)16-11-7-3-4-8-15-13(11)18/h1-2,5-6,11H,3-4,7-8H2,(H,15,18)(H,16,17)(H,19,20)/p-1/t11-/m1/s1. The molecular weight excluding hydrogens is 260 g/mol. The molecule has 6 heteroatoms. The molecule has 1 saturated heterocycles. The Bertz CT molecular complexity index is 542. The molecule has 0 bridgehead atoms. The number of carbonyl (C=O) groups excluding carboxylic acids is 3. The molecule has 6 nitrogen and oxygen atoms in total. The van der Waals surface area contributed by atoms with Crippen LogP contribution in [-0.4, -0.2) is 30.4 Å². The summed E-state index contributed by atoms with van der Waals surface area (Å²) in [6.07, 6.45) is 2.24. The Morgan fingerprint density at radius 3 is 2.60 bits per heavy atom. The fourth-order valence-electron chi connectivity index (χ4n) is 2.17. The first-order valence-corrected chi connectivity index (χ1v) is 6.48. The third kappa shape index (κ3) is 3.14. The van der Waals surface area contributed by atoms with Crippen molar-refractivity contribution in [1.82, 2.24) is 10.6 Å². The minimum Gasteiger partial charge on any atom is -0.545 e. The number of nitrogens with one attached hydrogen (secondary N) is 2. The van der Waals surface area contributed by atoms with Crippen molar-refractivity contribution in [3.05, 3.63) is 35.4 Å². The Morgan fingerprint density at radius 1 is 1.20 bits per heavy atom. The van der Waals surface area contributed by atoms with Gasteiger partial charge in [0, 0.05) is 17.7 Å². The zero-order valence-electron chi connectivity index (χ0n) is 10.8. The molecule has 0 aliphatic carbocycles. The average Bonchev–Trinajstić information content (AvgIpc) is 2.64. The first kappa shape index (κ1) is 14.0. The first-order valence-electron chi connectivity index (χ1n) is 6.48. The van der Waals surface area contributed by atoms with E-state index in [0.717, 1.165) is 12.8 Å². The van der Waals surface area contributed by atoms with E-state index in [1.807, 2.05) is 0 Å². The average molecular weight is 275 g/mol. The zero-order valence-corrected chi connectivity index (χ0v) is 10.8.